The summed E-state index contributed by atoms with van der Waals surface area (Å²) in [5.74, 6) is -7.46. The van der Waals surface area contributed by atoms with E-state index in [1.165, 1.54) is 34.1 Å². The van der Waals surface area contributed by atoms with Crippen LogP contribution in [0.15, 0.2) is 36.4 Å². The van der Waals surface area contributed by atoms with E-state index in [1.54, 1.807) is 37.0 Å². The van der Waals surface area contributed by atoms with Gasteiger partial charge < -0.3 is 77.9 Å². The molecule has 3 rings (SSSR count). The van der Waals surface area contributed by atoms with Crippen molar-refractivity contribution in [2.24, 2.45) is 0 Å². The Morgan fingerprint density at radius 1 is 0.545 bits per heavy atom. The fourth-order valence-electron chi connectivity index (χ4n) is 7.95. The zero-order valence-electron chi connectivity index (χ0n) is 41.9. The molecule has 0 saturated carbocycles. The molecule has 1 saturated heterocycles. The van der Waals surface area contributed by atoms with Crippen molar-refractivity contribution in [2.45, 2.75) is 44.3 Å². The summed E-state index contributed by atoms with van der Waals surface area (Å²) < 4.78 is 23.1. The van der Waals surface area contributed by atoms with Crippen molar-refractivity contribution in [3.63, 3.8) is 0 Å². The first-order valence-corrected chi connectivity index (χ1v) is 27.0. The minimum absolute atomic E-state index is 0. The zero-order valence-corrected chi connectivity index (χ0v) is 45.3. The quantitative estimate of drug-likeness (QED) is 0.0213. The fraction of sp³-hybridized carbons (Fsp3) is 0.533. The molecular formula is C45H68LuN9O20P2-. The SMILES string of the molecule is [CH2-]C(=O)CN1CCN(CC(=O)O)CCN(CC(=O)NCNC(=O)CCc2ccc(O)c(CN(CCN(CC(=O)O)Cc3cc(CCC(=O)NC(P(=O)(O)O)P(=O)(O)O)ccc3O)CC(=O)O)c2)CCN(CC(=O)O)CC1.[Lu]. The molecule has 0 atom stereocenters. The molecular weight excluding hydrogens is 1220 g/mol. The number of nitrogens with zero attached hydrogens (tertiary/aromatic N) is 6. The molecule has 1 heterocycles. The summed E-state index contributed by atoms with van der Waals surface area (Å²) in [6, 6.07) is 8.58. The predicted molar refractivity (Wildman–Crippen MR) is 267 cm³/mol. The number of nitrogens with one attached hydrogen (secondary N) is 3. The van der Waals surface area contributed by atoms with Gasteiger partial charge in [0.05, 0.1) is 39.4 Å². The number of aromatic hydroxyl groups is 2. The summed E-state index contributed by atoms with van der Waals surface area (Å²) in [7, 11) is -10.9. The normalized spacial score (nSPS) is 14.7. The van der Waals surface area contributed by atoms with Gasteiger partial charge in [0.15, 0.2) is 0 Å². The van der Waals surface area contributed by atoms with Crippen LogP contribution in [0.25, 0.3) is 0 Å². The van der Waals surface area contributed by atoms with E-state index in [-0.39, 0.29) is 183 Å². The molecule has 0 spiro atoms. The van der Waals surface area contributed by atoms with Crippen LogP contribution in [0.2, 0.25) is 0 Å². The Balaban J connectivity index is 0.0000203. The molecule has 1 aliphatic heterocycles. The third-order valence-electron chi connectivity index (χ3n) is 11.7. The van der Waals surface area contributed by atoms with Gasteiger partial charge in [0.25, 0.3) is 0 Å². The minimum atomic E-state index is -5.44. The van der Waals surface area contributed by atoms with Crippen molar-refractivity contribution in [1.82, 2.24) is 45.3 Å². The second-order valence-corrected chi connectivity index (χ2v) is 21.9. The molecule has 0 aromatic heterocycles. The van der Waals surface area contributed by atoms with Crippen LogP contribution in [0.3, 0.4) is 0 Å². The van der Waals surface area contributed by atoms with Crippen LogP contribution in [0, 0.1) is 43.8 Å². The number of carbonyl (C=O) groups excluding carboxylic acids is 4. The first-order chi connectivity index (χ1) is 35.6. The zero-order chi connectivity index (χ0) is 56.8. The molecule has 29 nitrogen and oxygen atoms in total. The first kappa shape index (κ1) is 68.3. The third kappa shape index (κ3) is 28.1. The maximum atomic E-state index is 13.1. The van der Waals surface area contributed by atoms with E-state index in [4.69, 9.17) is 0 Å². The van der Waals surface area contributed by atoms with Gasteiger partial charge in [-0.1, -0.05) is 24.3 Å². The minimum Gasteiger partial charge on any atom is -0.508 e. The molecule has 2 aromatic carbocycles. The topological polar surface area (TPSA) is 429 Å². The summed E-state index contributed by atoms with van der Waals surface area (Å²) in [6.45, 7) is 3.05. The number of phenolic OH excluding ortho intramolecular Hbond substituents is 2. The van der Waals surface area contributed by atoms with Gasteiger partial charge in [-0.25, -0.2) is 0 Å². The van der Waals surface area contributed by atoms with E-state index in [2.05, 4.69) is 17.6 Å². The number of carboxylic acids is 4. The predicted octanol–water partition coefficient (Wildman–Crippen LogP) is -2.82. The van der Waals surface area contributed by atoms with Crippen LogP contribution in [0.5, 0.6) is 11.5 Å². The summed E-state index contributed by atoms with van der Waals surface area (Å²) in [6.07, 6.45) is -0.527. The van der Waals surface area contributed by atoms with E-state index in [0.29, 0.717) is 24.2 Å². The largest absolute Gasteiger partial charge is 0.508 e. The Labute approximate surface area is 472 Å². The van der Waals surface area contributed by atoms with Crippen LogP contribution < -0.4 is 16.0 Å². The van der Waals surface area contributed by atoms with Crippen molar-refractivity contribution in [1.29, 1.82) is 0 Å². The van der Waals surface area contributed by atoms with Crippen molar-refractivity contribution < 1.29 is 135 Å². The Hall–Kier alpha value is -4.84. The Morgan fingerprint density at radius 2 is 0.909 bits per heavy atom. The molecule has 1 aliphatic rings. The third-order valence-corrected chi connectivity index (χ3v) is 15.1. The molecule has 2 aromatic rings. The molecule has 1 fully saturated rings. The van der Waals surface area contributed by atoms with Gasteiger partial charge in [-0.3, -0.25) is 72.1 Å². The molecule has 0 bridgehead atoms. The van der Waals surface area contributed by atoms with Gasteiger partial charge in [0.2, 0.25) is 23.2 Å². The fourth-order valence-corrected chi connectivity index (χ4v) is 10.1. The maximum Gasteiger partial charge on any atom is 0.360 e. The molecule has 1 radical (unpaired) electrons. The van der Waals surface area contributed by atoms with E-state index < -0.39 is 81.8 Å². The van der Waals surface area contributed by atoms with Gasteiger partial charge in [0, 0.05) is 152 Å². The molecule has 13 N–H and O–H groups in total. The number of hydrogen-bond acceptors (Lipinski definition) is 18. The van der Waals surface area contributed by atoms with Gasteiger partial charge in [-0.2, -0.15) is 0 Å². The van der Waals surface area contributed by atoms with Gasteiger partial charge in [0.1, 0.15) is 11.5 Å². The van der Waals surface area contributed by atoms with Crippen molar-refractivity contribution in [3.05, 3.63) is 65.6 Å². The van der Waals surface area contributed by atoms with Crippen LogP contribution in [0.4, 0.5) is 0 Å². The number of Topliss-reactive ketones (excluding diaryl/α,β-unsaturated/α-hetero) is 1. The first-order valence-electron chi connectivity index (χ1n) is 23.7. The Kier molecular flexibility index (Phi) is 29.8. The number of carbonyl (C=O) groups is 8. The van der Waals surface area contributed by atoms with Gasteiger partial charge >= 0.3 is 39.1 Å². The van der Waals surface area contributed by atoms with E-state index >= 15 is 0 Å². The van der Waals surface area contributed by atoms with Gasteiger partial charge in [-0.05, 0) is 36.1 Å². The monoisotopic (exact) mass is 1290 g/mol. The molecule has 3 amide bonds. The molecule has 0 unspecified atom stereocenters. The number of benzene rings is 2. The molecule has 32 heteroatoms. The average molecular weight is 1290 g/mol. The summed E-state index contributed by atoms with van der Waals surface area (Å²) in [5.41, 5.74) is -1.32. The number of hydrogen-bond donors (Lipinski definition) is 13. The molecule has 77 heavy (non-hydrogen) atoms. The number of phenols is 2. The number of aliphatic carboxylic acids is 4. The standard InChI is InChI=1S/C45H68N9O20P2.Lu/c1-31(55)22-49-10-14-51(26-41(61)62)16-12-50(13-17-52(15-11-49)27-42(63)64)25-40(60)47-30-46-38(58)8-4-32-2-6-36(56)34(20-32)23-53(28-43(65)66)18-19-54(29-44(67)68)24-35-21-33(3-7-37(35)57)5-9-39(59)48-45(75(69,70)71)76(72,73)74;/h2-3,6-7,20-21,45,56-57H,1,4-5,8-19,22-30H2,(H,46,58)(H,47,60)(H,48,59)(H,61,62)(H,63,64)(H,65,66)(H,67,68)(H2,69,70,71)(H2,72,73,74);/q-1;. The Morgan fingerprint density at radius 3 is 1.27 bits per heavy atom. The van der Waals surface area contributed by atoms with E-state index in [9.17, 15) is 97.7 Å². The van der Waals surface area contributed by atoms with Crippen LogP contribution in [-0.2, 0) is 73.4 Å². The summed E-state index contributed by atoms with van der Waals surface area (Å²) in [5, 5.41) is 66.7. The second kappa shape index (κ2) is 33.6. The average Bonchev–Trinajstić information content (AvgIpc) is 3.29. The van der Waals surface area contributed by atoms with Gasteiger partial charge in [-0.15, -0.1) is 0 Å². The summed E-state index contributed by atoms with van der Waals surface area (Å²) in [4.78, 5) is 144. The van der Waals surface area contributed by atoms with Crippen LogP contribution in [-0.4, -0.2) is 244 Å². The smallest absolute Gasteiger partial charge is 0.360 e. The number of carboxylic acid groups (broad SMARTS) is 4. The number of amides is 3. The summed E-state index contributed by atoms with van der Waals surface area (Å²) >= 11 is 0. The maximum absolute atomic E-state index is 13.1. The van der Waals surface area contributed by atoms with Crippen LogP contribution in [0.1, 0.15) is 35.1 Å². The van der Waals surface area contributed by atoms with Crippen molar-refractivity contribution in [2.75, 3.05) is 111 Å². The molecule has 439 valence electrons. The van der Waals surface area contributed by atoms with E-state index in [1.807, 2.05) is 0 Å². The van der Waals surface area contributed by atoms with Crippen molar-refractivity contribution >= 4 is 62.6 Å². The van der Waals surface area contributed by atoms with Crippen LogP contribution >= 0.6 is 15.2 Å². The van der Waals surface area contributed by atoms with Crippen molar-refractivity contribution in [3.8, 4) is 11.5 Å². The Bertz CT molecular complexity index is 2390. The molecule has 0 aliphatic carbocycles. The number of ketones is 1. The van der Waals surface area contributed by atoms with E-state index in [0.717, 1.165) is 0 Å². The number of aryl methyl sites for hydroxylation is 2. The number of rotatable bonds is 30. The second-order valence-electron chi connectivity index (χ2n) is 18.1.